The number of pyridine rings is 1. The molecule has 1 aromatic carbocycles. The van der Waals surface area contributed by atoms with Crippen LogP contribution in [0.3, 0.4) is 0 Å². The molecule has 1 aliphatic rings. The highest BCUT2D eigenvalue weighted by Crippen LogP contribution is 2.30. The van der Waals surface area contributed by atoms with Crippen molar-refractivity contribution in [1.82, 2.24) is 19.9 Å². The van der Waals surface area contributed by atoms with Gasteiger partial charge in [0.1, 0.15) is 11.6 Å². The van der Waals surface area contributed by atoms with E-state index in [1.807, 2.05) is 0 Å². The van der Waals surface area contributed by atoms with Crippen molar-refractivity contribution in [1.29, 1.82) is 0 Å². The monoisotopic (exact) mass is 372 g/mol. The summed E-state index contributed by atoms with van der Waals surface area (Å²) in [5.74, 6) is 0.272. The topological polar surface area (TPSA) is 61.9 Å². The Kier molecular flexibility index (Phi) is 4.70. The van der Waals surface area contributed by atoms with E-state index in [9.17, 15) is 9.18 Å². The molecule has 0 aliphatic carbocycles. The average Bonchev–Trinajstić information content (AvgIpc) is 2.64. The summed E-state index contributed by atoms with van der Waals surface area (Å²) < 4.78 is 13.2. The zero-order chi connectivity index (χ0) is 18.1. The van der Waals surface area contributed by atoms with Gasteiger partial charge in [-0.2, -0.15) is 0 Å². The first-order chi connectivity index (χ1) is 12.6. The van der Waals surface area contributed by atoms with Crippen LogP contribution in [0.4, 0.5) is 4.39 Å². The fraction of sp³-hybridized carbons (Fsp3) is 0.316. The minimum absolute atomic E-state index is 0.0931. The van der Waals surface area contributed by atoms with Crippen LogP contribution in [0.15, 0.2) is 41.3 Å². The van der Waals surface area contributed by atoms with Gasteiger partial charge >= 0.3 is 0 Å². The fourth-order valence-electron chi connectivity index (χ4n) is 3.53. The van der Waals surface area contributed by atoms with Crippen molar-refractivity contribution in [3.63, 3.8) is 0 Å². The van der Waals surface area contributed by atoms with Gasteiger partial charge in [0.2, 0.25) is 0 Å². The Morgan fingerprint density at radius 1 is 1.27 bits per heavy atom. The Balaban J connectivity index is 1.64. The Labute approximate surface area is 154 Å². The first-order valence-electron chi connectivity index (χ1n) is 8.64. The van der Waals surface area contributed by atoms with E-state index < -0.39 is 0 Å². The maximum absolute atomic E-state index is 13.2. The number of rotatable bonds is 3. The van der Waals surface area contributed by atoms with Gasteiger partial charge < -0.3 is 4.98 Å². The van der Waals surface area contributed by atoms with E-state index in [0.717, 1.165) is 31.5 Å². The molecule has 26 heavy (non-hydrogen) atoms. The second-order valence-electron chi connectivity index (χ2n) is 6.56. The summed E-state index contributed by atoms with van der Waals surface area (Å²) in [5, 5.41) is 0.993. The number of halogens is 2. The zero-order valence-electron chi connectivity index (χ0n) is 14.1. The number of aromatic nitrogens is 3. The summed E-state index contributed by atoms with van der Waals surface area (Å²) in [6.07, 6.45) is 4.37. The van der Waals surface area contributed by atoms with Crippen LogP contribution in [0, 0.1) is 5.82 Å². The molecule has 0 spiro atoms. The van der Waals surface area contributed by atoms with E-state index in [1.165, 1.54) is 12.3 Å². The SMILES string of the molecule is O=c1[nH]c(CN2CCCCC2c2ccc(F)cn2)nc2ccc(Cl)cc12. The number of H-pyrrole nitrogens is 1. The highest BCUT2D eigenvalue weighted by molar-refractivity contribution is 6.31. The van der Waals surface area contributed by atoms with Crippen molar-refractivity contribution in [2.24, 2.45) is 0 Å². The van der Waals surface area contributed by atoms with Crippen molar-refractivity contribution in [3.8, 4) is 0 Å². The fourth-order valence-corrected chi connectivity index (χ4v) is 3.70. The van der Waals surface area contributed by atoms with Crippen LogP contribution >= 0.6 is 11.6 Å². The van der Waals surface area contributed by atoms with E-state index in [2.05, 4.69) is 19.9 Å². The average molecular weight is 373 g/mol. The van der Waals surface area contributed by atoms with Gasteiger partial charge in [0.25, 0.3) is 5.56 Å². The molecule has 1 atom stereocenters. The molecule has 5 nitrogen and oxygen atoms in total. The number of benzene rings is 1. The lowest BCUT2D eigenvalue weighted by Crippen LogP contribution is -2.34. The summed E-state index contributed by atoms with van der Waals surface area (Å²) in [6.45, 7) is 1.39. The molecule has 134 valence electrons. The smallest absolute Gasteiger partial charge is 0.258 e. The Morgan fingerprint density at radius 3 is 2.96 bits per heavy atom. The molecule has 1 unspecified atom stereocenters. The number of nitrogens with one attached hydrogen (secondary N) is 1. The number of aromatic amines is 1. The maximum atomic E-state index is 13.2. The van der Waals surface area contributed by atoms with E-state index in [4.69, 9.17) is 11.6 Å². The van der Waals surface area contributed by atoms with Crippen molar-refractivity contribution in [2.75, 3.05) is 6.54 Å². The van der Waals surface area contributed by atoms with Crippen molar-refractivity contribution >= 4 is 22.5 Å². The van der Waals surface area contributed by atoms with Gasteiger partial charge in [-0.25, -0.2) is 9.37 Å². The second-order valence-corrected chi connectivity index (χ2v) is 6.99. The molecule has 0 bridgehead atoms. The van der Waals surface area contributed by atoms with Gasteiger partial charge in [0, 0.05) is 5.02 Å². The number of fused-ring (bicyclic) bond motifs is 1. The molecule has 0 saturated carbocycles. The number of likely N-dealkylation sites (tertiary alicyclic amines) is 1. The van der Waals surface area contributed by atoms with Crippen LogP contribution in [-0.4, -0.2) is 26.4 Å². The quantitative estimate of drug-likeness (QED) is 0.758. The molecule has 0 amide bonds. The molecule has 1 N–H and O–H groups in total. The summed E-state index contributed by atoms with van der Waals surface area (Å²) in [4.78, 5) is 26.3. The lowest BCUT2D eigenvalue weighted by atomic mass is 9.99. The van der Waals surface area contributed by atoms with Gasteiger partial charge in [-0.05, 0) is 49.7 Å². The molecule has 3 heterocycles. The first-order valence-corrected chi connectivity index (χ1v) is 9.02. The summed E-state index contributed by atoms with van der Waals surface area (Å²) in [6, 6.07) is 8.37. The lowest BCUT2D eigenvalue weighted by molar-refractivity contribution is 0.133. The third-order valence-corrected chi connectivity index (χ3v) is 5.01. The predicted molar refractivity (Wildman–Crippen MR) is 98.6 cm³/mol. The van der Waals surface area contributed by atoms with Crippen LogP contribution in [0.2, 0.25) is 5.02 Å². The molecule has 3 aromatic rings. The zero-order valence-corrected chi connectivity index (χ0v) is 14.8. The number of hydrogen-bond donors (Lipinski definition) is 1. The van der Waals surface area contributed by atoms with Crippen LogP contribution in [0.25, 0.3) is 10.9 Å². The minimum Gasteiger partial charge on any atom is -0.309 e. The Morgan fingerprint density at radius 2 is 2.15 bits per heavy atom. The minimum atomic E-state index is -0.338. The van der Waals surface area contributed by atoms with Crippen molar-refractivity contribution in [2.45, 2.75) is 31.8 Å². The third kappa shape index (κ3) is 3.48. The summed E-state index contributed by atoms with van der Waals surface area (Å²) >= 11 is 5.96. The molecular weight excluding hydrogens is 355 g/mol. The molecule has 1 saturated heterocycles. The molecule has 1 fully saturated rings. The van der Waals surface area contributed by atoms with E-state index in [-0.39, 0.29) is 17.4 Å². The maximum Gasteiger partial charge on any atom is 0.258 e. The van der Waals surface area contributed by atoms with Gasteiger partial charge in [0.15, 0.2) is 0 Å². The largest absolute Gasteiger partial charge is 0.309 e. The summed E-state index contributed by atoms with van der Waals surface area (Å²) in [5.41, 5.74) is 1.28. The Bertz CT molecular complexity index is 989. The van der Waals surface area contributed by atoms with Crippen LogP contribution in [0.1, 0.15) is 36.8 Å². The predicted octanol–water partition coefficient (Wildman–Crippen LogP) is 3.84. The van der Waals surface area contributed by atoms with Crippen LogP contribution in [0.5, 0.6) is 0 Å². The number of nitrogens with zero attached hydrogens (tertiary/aromatic N) is 3. The molecule has 0 radical (unpaired) electrons. The number of hydrogen-bond acceptors (Lipinski definition) is 4. The van der Waals surface area contributed by atoms with Gasteiger partial charge in [0.05, 0.1) is 35.4 Å². The van der Waals surface area contributed by atoms with Crippen molar-refractivity contribution < 1.29 is 4.39 Å². The molecular formula is C19H18ClFN4O. The molecule has 7 heteroatoms. The highest BCUT2D eigenvalue weighted by atomic mass is 35.5. The molecule has 4 rings (SSSR count). The van der Waals surface area contributed by atoms with E-state index >= 15 is 0 Å². The Hall–Kier alpha value is -2.31. The normalized spacial score (nSPS) is 18.3. The van der Waals surface area contributed by atoms with Crippen molar-refractivity contribution in [3.05, 3.63) is 69.2 Å². The first kappa shape index (κ1) is 17.1. The third-order valence-electron chi connectivity index (χ3n) is 4.77. The van der Waals surface area contributed by atoms with Crippen LogP contribution in [-0.2, 0) is 6.54 Å². The van der Waals surface area contributed by atoms with Gasteiger partial charge in [-0.3, -0.25) is 14.7 Å². The molecule has 2 aromatic heterocycles. The van der Waals surface area contributed by atoms with E-state index in [0.29, 0.717) is 28.3 Å². The molecule has 1 aliphatic heterocycles. The van der Waals surface area contributed by atoms with Gasteiger partial charge in [-0.1, -0.05) is 18.0 Å². The summed E-state index contributed by atoms with van der Waals surface area (Å²) in [7, 11) is 0. The standard InChI is InChI=1S/C19H18ClFN4O/c20-12-4-6-15-14(9-12)19(26)24-18(23-15)11-25-8-2-1-3-17(25)16-7-5-13(21)10-22-16/h4-7,9-10,17H,1-3,8,11H2,(H,23,24,26). The second kappa shape index (κ2) is 7.13. The van der Waals surface area contributed by atoms with E-state index in [1.54, 1.807) is 24.3 Å². The lowest BCUT2D eigenvalue weighted by Gasteiger charge is -2.34. The number of piperidine rings is 1. The van der Waals surface area contributed by atoms with Gasteiger partial charge in [-0.15, -0.1) is 0 Å². The highest BCUT2D eigenvalue weighted by Gasteiger charge is 2.25. The van der Waals surface area contributed by atoms with Crippen LogP contribution < -0.4 is 5.56 Å².